The Hall–Kier alpha value is -3.04. The van der Waals surface area contributed by atoms with E-state index in [1.165, 1.54) is 11.3 Å². The van der Waals surface area contributed by atoms with Gasteiger partial charge in [0, 0.05) is 12.0 Å². The van der Waals surface area contributed by atoms with Crippen molar-refractivity contribution in [3.05, 3.63) is 76.3 Å². The highest BCUT2D eigenvalue weighted by molar-refractivity contribution is 7.15. The van der Waals surface area contributed by atoms with Crippen molar-refractivity contribution in [1.29, 1.82) is 5.26 Å². The molecule has 1 aromatic heterocycles. The molecule has 6 heteroatoms. The van der Waals surface area contributed by atoms with E-state index in [0.29, 0.717) is 22.7 Å². The predicted octanol–water partition coefficient (Wildman–Crippen LogP) is 3.25. The van der Waals surface area contributed by atoms with Crippen LogP contribution in [0.3, 0.4) is 0 Å². The van der Waals surface area contributed by atoms with Crippen molar-refractivity contribution < 1.29 is 4.79 Å². The van der Waals surface area contributed by atoms with Gasteiger partial charge in [-0.05, 0) is 23.8 Å². The summed E-state index contributed by atoms with van der Waals surface area (Å²) < 4.78 is 0. The molecule has 2 aromatic carbocycles. The van der Waals surface area contributed by atoms with Crippen LogP contribution in [0.4, 0.5) is 5.13 Å². The minimum Gasteiger partial charge on any atom is -0.296 e. The molecule has 23 heavy (non-hydrogen) atoms. The number of nitrogens with one attached hydrogen (secondary N) is 1. The number of aromatic nitrogens is 2. The third-order valence-electron chi connectivity index (χ3n) is 3.14. The van der Waals surface area contributed by atoms with Gasteiger partial charge in [0.2, 0.25) is 5.13 Å². The number of amides is 1. The van der Waals surface area contributed by atoms with E-state index in [0.717, 1.165) is 10.6 Å². The van der Waals surface area contributed by atoms with Gasteiger partial charge in [-0.15, -0.1) is 10.2 Å². The first-order valence-corrected chi connectivity index (χ1v) is 7.74. The third-order valence-corrected chi connectivity index (χ3v) is 3.98. The van der Waals surface area contributed by atoms with E-state index in [1.807, 2.05) is 36.4 Å². The maximum atomic E-state index is 12.2. The van der Waals surface area contributed by atoms with Crippen molar-refractivity contribution >= 4 is 22.4 Å². The molecule has 1 heterocycles. The molecule has 0 aliphatic rings. The van der Waals surface area contributed by atoms with Crippen LogP contribution in [0.2, 0.25) is 0 Å². The Morgan fingerprint density at radius 2 is 1.96 bits per heavy atom. The van der Waals surface area contributed by atoms with Crippen molar-refractivity contribution in [2.24, 2.45) is 0 Å². The van der Waals surface area contributed by atoms with Gasteiger partial charge in [-0.25, -0.2) is 0 Å². The lowest BCUT2D eigenvalue weighted by atomic mass is 10.1. The van der Waals surface area contributed by atoms with Gasteiger partial charge in [0.1, 0.15) is 5.01 Å². The number of carbonyl (C=O) groups excluding carboxylic acids is 1. The molecule has 0 fully saturated rings. The summed E-state index contributed by atoms with van der Waals surface area (Å²) in [5, 5.41) is 21.0. The summed E-state index contributed by atoms with van der Waals surface area (Å²) in [6.07, 6.45) is 0.679. The zero-order chi connectivity index (χ0) is 16.1. The third kappa shape index (κ3) is 3.78. The molecule has 0 unspecified atom stereocenters. The number of benzene rings is 2. The average molecular weight is 320 g/mol. The summed E-state index contributed by atoms with van der Waals surface area (Å²) in [5.74, 6) is -0.301. The Morgan fingerprint density at radius 3 is 2.74 bits per heavy atom. The molecule has 0 aliphatic heterocycles. The van der Waals surface area contributed by atoms with Crippen molar-refractivity contribution in [3.8, 4) is 6.07 Å². The number of nitriles is 1. The first kappa shape index (κ1) is 14.9. The van der Waals surface area contributed by atoms with Gasteiger partial charge in [-0.1, -0.05) is 47.7 Å². The minimum absolute atomic E-state index is 0.301. The van der Waals surface area contributed by atoms with Gasteiger partial charge in [-0.3, -0.25) is 10.1 Å². The second-order valence-corrected chi connectivity index (χ2v) is 5.87. The van der Waals surface area contributed by atoms with Crippen LogP contribution in [0, 0.1) is 11.3 Å². The molecular formula is C17H12N4OS. The summed E-state index contributed by atoms with van der Waals surface area (Å²) in [4.78, 5) is 12.2. The molecule has 0 aliphatic carbocycles. The van der Waals surface area contributed by atoms with Gasteiger partial charge in [0.25, 0.3) is 5.91 Å². The molecular weight excluding hydrogens is 308 g/mol. The number of nitrogens with zero attached hydrogens (tertiary/aromatic N) is 3. The molecule has 3 aromatic rings. The first-order valence-electron chi connectivity index (χ1n) is 6.92. The van der Waals surface area contributed by atoms with Crippen molar-refractivity contribution in [2.75, 3.05) is 5.32 Å². The molecule has 5 nitrogen and oxygen atoms in total. The Kier molecular flexibility index (Phi) is 4.41. The number of carbonyl (C=O) groups is 1. The molecule has 3 rings (SSSR count). The minimum atomic E-state index is -0.301. The number of hydrogen-bond donors (Lipinski definition) is 1. The predicted molar refractivity (Wildman–Crippen MR) is 88.3 cm³/mol. The molecule has 0 saturated carbocycles. The molecule has 0 saturated heterocycles. The van der Waals surface area contributed by atoms with Crippen molar-refractivity contribution in [1.82, 2.24) is 10.2 Å². The second kappa shape index (κ2) is 6.81. The van der Waals surface area contributed by atoms with Crippen LogP contribution in [0.5, 0.6) is 0 Å². The van der Waals surface area contributed by atoms with E-state index < -0.39 is 0 Å². The zero-order valence-corrected chi connectivity index (χ0v) is 12.9. The SMILES string of the molecule is N#Cc1cccc(C(=O)Nc2nnc(Cc3ccccc3)s2)c1. The maximum Gasteiger partial charge on any atom is 0.257 e. The average Bonchev–Trinajstić information content (AvgIpc) is 3.02. The lowest BCUT2D eigenvalue weighted by Gasteiger charge is -2.01. The summed E-state index contributed by atoms with van der Waals surface area (Å²) >= 11 is 1.34. The molecule has 1 amide bonds. The lowest BCUT2D eigenvalue weighted by molar-refractivity contribution is 0.102. The Bertz CT molecular complexity index is 868. The lowest BCUT2D eigenvalue weighted by Crippen LogP contribution is -2.11. The van der Waals surface area contributed by atoms with Crippen LogP contribution in [0.15, 0.2) is 54.6 Å². The zero-order valence-electron chi connectivity index (χ0n) is 12.1. The van der Waals surface area contributed by atoms with Crippen LogP contribution in [-0.4, -0.2) is 16.1 Å². The van der Waals surface area contributed by atoms with Gasteiger partial charge >= 0.3 is 0 Å². The van der Waals surface area contributed by atoms with E-state index in [4.69, 9.17) is 5.26 Å². The number of hydrogen-bond acceptors (Lipinski definition) is 5. The first-order chi connectivity index (χ1) is 11.2. The second-order valence-electron chi connectivity index (χ2n) is 4.81. The van der Waals surface area contributed by atoms with Crippen LogP contribution >= 0.6 is 11.3 Å². The van der Waals surface area contributed by atoms with E-state index in [-0.39, 0.29) is 5.91 Å². The molecule has 0 spiro atoms. The van der Waals surface area contributed by atoms with Crippen LogP contribution in [-0.2, 0) is 6.42 Å². The highest BCUT2D eigenvalue weighted by Gasteiger charge is 2.11. The Labute approximate surface area is 137 Å². The standard InChI is InChI=1S/C17H12N4OS/c18-11-13-7-4-8-14(9-13)16(22)19-17-21-20-15(23-17)10-12-5-2-1-3-6-12/h1-9H,10H2,(H,19,21,22). The van der Waals surface area contributed by atoms with Gasteiger partial charge in [-0.2, -0.15) is 5.26 Å². The fourth-order valence-corrected chi connectivity index (χ4v) is 2.81. The topological polar surface area (TPSA) is 78.7 Å². The molecule has 0 bridgehead atoms. The summed E-state index contributed by atoms with van der Waals surface area (Å²) in [7, 11) is 0. The fraction of sp³-hybridized carbons (Fsp3) is 0.0588. The van der Waals surface area contributed by atoms with E-state index >= 15 is 0 Å². The number of anilines is 1. The molecule has 112 valence electrons. The van der Waals surface area contributed by atoms with Crippen molar-refractivity contribution in [2.45, 2.75) is 6.42 Å². The van der Waals surface area contributed by atoms with E-state index in [1.54, 1.807) is 24.3 Å². The number of rotatable bonds is 4. The van der Waals surface area contributed by atoms with Crippen molar-refractivity contribution in [3.63, 3.8) is 0 Å². The Balaban J connectivity index is 1.69. The van der Waals surface area contributed by atoms with Crippen LogP contribution in [0.1, 0.15) is 26.5 Å². The van der Waals surface area contributed by atoms with E-state index in [2.05, 4.69) is 15.5 Å². The normalized spacial score (nSPS) is 10.0. The van der Waals surface area contributed by atoms with Crippen LogP contribution in [0.25, 0.3) is 0 Å². The highest BCUT2D eigenvalue weighted by atomic mass is 32.1. The summed E-state index contributed by atoms with van der Waals surface area (Å²) in [6, 6.07) is 18.5. The smallest absolute Gasteiger partial charge is 0.257 e. The molecule has 0 radical (unpaired) electrons. The summed E-state index contributed by atoms with van der Waals surface area (Å²) in [6.45, 7) is 0. The van der Waals surface area contributed by atoms with E-state index in [9.17, 15) is 4.79 Å². The van der Waals surface area contributed by atoms with Gasteiger partial charge in [0.05, 0.1) is 11.6 Å². The summed E-state index contributed by atoms with van der Waals surface area (Å²) in [5.41, 5.74) is 2.01. The fourth-order valence-electron chi connectivity index (χ4n) is 2.05. The van der Waals surface area contributed by atoms with Gasteiger partial charge in [0.15, 0.2) is 0 Å². The Morgan fingerprint density at radius 1 is 1.13 bits per heavy atom. The molecule has 0 atom stereocenters. The molecule has 1 N–H and O–H groups in total. The monoisotopic (exact) mass is 320 g/mol. The maximum absolute atomic E-state index is 12.2. The van der Waals surface area contributed by atoms with Crippen LogP contribution < -0.4 is 5.32 Å². The van der Waals surface area contributed by atoms with Gasteiger partial charge < -0.3 is 0 Å². The quantitative estimate of drug-likeness (QED) is 0.800. The largest absolute Gasteiger partial charge is 0.296 e. The highest BCUT2D eigenvalue weighted by Crippen LogP contribution is 2.19.